The quantitative estimate of drug-likeness (QED) is 0.332. The zero-order valence-electron chi connectivity index (χ0n) is 19.7. The fraction of sp³-hybridized carbons (Fsp3) is 0.214. The number of benzene rings is 3. The molecule has 0 bridgehead atoms. The van der Waals surface area contributed by atoms with Gasteiger partial charge in [-0.15, -0.1) is 0 Å². The topological polar surface area (TPSA) is 131 Å². The standard InChI is InChI=1S/C27H22N2O5.CO2/c30-26(31)16-14-29(15-16)18-7-9-22-24(13-18)34-23-12-17(28-10-3-11-28)6-8-21(23)25(22)19-4-1-2-5-20(19)27(32)33;2-1-3/h1-2,4-9,12-13,16H,3,10-11,14-15H2,(H-,30,31,32,33);. The molecule has 1 aliphatic carbocycles. The highest BCUT2D eigenvalue weighted by Gasteiger charge is 2.37. The van der Waals surface area contributed by atoms with E-state index in [1.165, 1.54) is 0 Å². The highest BCUT2D eigenvalue weighted by Crippen LogP contribution is 2.42. The molecule has 2 aromatic rings. The van der Waals surface area contributed by atoms with Gasteiger partial charge in [0.15, 0.2) is 19.0 Å². The van der Waals surface area contributed by atoms with Gasteiger partial charge in [-0.05, 0) is 30.2 Å². The van der Waals surface area contributed by atoms with Gasteiger partial charge in [0, 0.05) is 53.0 Å². The fourth-order valence-corrected chi connectivity index (χ4v) is 4.85. The third-order valence-electron chi connectivity index (χ3n) is 6.92. The number of carbonyl (C=O) groups is 2. The van der Waals surface area contributed by atoms with Gasteiger partial charge in [0.05, 0.1) is 12.0 Å². The second-order valence-corrected chi connectivity index (χ2v) is 9.04. The predicted molar refractivity (Wildman–Crippen MR) is 131 cm³/mol. The van der Waals surface area contributed by atoms with Crippen LogP contribution in [0.3, 0.4) is 0 Å². The van der Waals surface area contributed by atoms with E-state index in [1.54, 1.807) is 18.2 Å². The van der Waals surface area contributed by atoms with E-state index in [9.17, 15) is 19.8 Å². The zero-order valence-corrected chi connectivity index (χ0v) is 19.7. The lowest BCUT2D eigenvalue weighted by atomic mass is 9.90. The Labute approximate surface area is 210 Å². The number of anilines is 1. The zero-order chi connectivity index (χ0) is 26.1. The van der Waals surface area contributed by atoms with Gasteiger partial charge < -0.3 is 24.3 Å². The van der Waals surface area contributed by atoms with Gasteiger partial charge in [-0.2, -0.15) is 9.59 Å². The lowest BCUT2D eigenvalue weighted by Gasteiger charge is -2.33. The Morgan fingerprint density at radius 3 is 2.38 bits per heavy atom. The van der Waals surface area contributed by atoms with E-state index in [4.69, 9.17) is 14.0 Å². The molecule has 0 radical (unpaired) electrons. The van der Waals surface area contributed by atoms with E-state index < -0.39 is 11.9 Å². The summed E-state index contributed by atoms with van der Waals surface area (Å²) in [6, 6.07) is 18.7. The minimum Gasteiger partial charge on any atom is -0.545 e. The molecule has 0 amide bonds. The molecular weight excluding hydrogens is 476 g/mol. The third-order valence-corrected chi connectivity index (χ3v) is 6.92. The maximum Gasteiger partial charge on any atom is 0.373 e. The summed E-state index contributed by atoms with van der Waals surface area (Å²) in [6.45, 7) is 2.91. The molecule has 0 saturated carbocycles. The van der Waals surface area contributed by atoms with Crippen LogP contribution in [0.5, 0.6) is 0 Å². The van der Waals surface area contributed by atoms with Crippen molar-refractivity contribution < 1.29 is 33.8 Å². The summed E-state index contributed by atoms with van der Waals surface area (Å²) in [5, 5.41) is 22.9. The molecule has 9 heteroatoms. The Morgan fingerprint density at radius 1 is 1.00 bits per heavy atom. The number of aromatic carboxylic acids is 1. The van der Waals surface area contributed by atoms with Crippen LogP contribution in [0.1, 0.15) is 16.8 Å². The molecular formula is C28H22N2O7. The van der Waals surface area contributed by atoms with Crippen molar-refractivity contribution in [3.63, 3.8) is 0 Å². The summed E-state index contributed by atoms with van der Waals surface area (Å²) in [4.78, 5) is 41.7. The monoisotopic (exact) mass is 498 g/mol. The fourth-order valence-electron chi connectivity index (χ4n) is 4.85. The number of aliphatic carboxylic acids is 1. The number of rotatable bonds is 4. The van der Waals surface area contributed by atoms with Crippen molar-refractivity contribution in [1.82, 2.24) is 4.58 Å². The predicted octanol–water partition coefficient (Wildman–Crippen LogP) is 1.68. The number of nitrogens with zero attached hydrogens (tertiary/aromatic N) is 2. The average Bonchev–Trinajstić information content (AvgIpc) is 2.80. The maximum atomic E-state index is 11.9. The number of carboxylic acids is 2. The molecule has 0 atom stereocenters. The molecule has 6 rings (SSSR count). The van der Waals surface area contributed by atoms with Crippen LogP contribution in [-0.4, -0.2) is 49.4 Å². The second kappa shape index (κ2) is 9.72. The largest absolute Gasteiger partial charge is 0.545 e. The van der Waals surface area contributed by atoms with Gasteiger partial charge >= 0.3 is 12.1 Å². The summed E-state index contributed by atoms with van der Waals surface area (Å²) in [7, 11) is 0. The molecule has 0 unspecified atom stereocenters. The van der Waals surface area contributed by atoms with Gasteiger partial charge in [-0.1, -0.05) is 24.3 Å². The number of carboxylic acid groups (broad SMARTS) is 2. The summed E-state index contributed by atoms with van der Waals surface area (Å²) in [6.07, 6.45) is 1.41. The Bertz CT molecular complexity index is 1600. The van der Waals surface area contributed by atoms with Gasteiger partial charge in [-0.25, -0.2) is 4.58 Å². The van der Waals surface area contributed by atoms with Crippen molar-refractivity contribution >= 4 is 34.7 Å². The summed E-state index contributed by atoms with van der Waals surface area (Å²) < 4.78 is 8.37. The van der Waals surface area contributed by atoms with Crippen molar-refractivity contribution in [1.29, 1.82) is 0 Å². The van der Waals surface area contributed by atoms with Crippen LogP contribution in [-0.2, 0) is 14.4 Å². The first-order valence-electron chi connectivity index (χ1n) is 11.8. The van der Waals surface area contributed by atoms with E-state index in [0.29, 0.717) is 30.0 Å². The normalized spacial score (nSPS) is 16.3. The van der Waals surface area contributed by atoms with Crippen molar-refractivity contribution in [2.24, 2.45) is 5.92 Å². The first-order chi connectivity index (χ1) is 17.9. The van der Waals surface area contributed by atoms with Gasteiger partial charge in [0.25, 0.3) is 0 Å². The number of fused-ring (bicyclic) bond motifs is 2. The van der Waals surface area contributed by atoms with Crippen molar-refractivity contribution in [3.8, 4) is 22.5 Å². The van der Waals surface area contributed by atoms with Crippen LogP contribution in [0.15, 0.2) is 65.1 Å². The molecule has 2 aromatic carbocycles. The summed E-state index contributed by atoms with van der Waals surface area (Å²) in [5.74, 6) is -1.76. The molecule has 2 fully saturated rings. The molecule has 9 nitrogen and oxygen atoms in total. The van der Waals surface area contributed by atoms with E-state index in [-0.39, 0.29) is 17.6 Å². The average molecular weight is 498 g/mol. The minimum atomic E-state index is -1.23. The molecule has 186 valence electrons. The van der Waals surface area contributed by atoms with Gasteiger partial charge in [0.2, 0.25) is 5.36 Å². The maximum absolute atomic E-state index is 11.9. The van der Waals surface area contributed by atoms with Crippen molar-refractivity contribution in [3.05, 3.63) is 71.6 Å². The second-order valence-electron chi connectivity index (χ2n) is 9.04. The molecule has 37 heavy (non-hydrogen) atoms. The van der Waals surface area contributed by atoms with E-state index in [2.05, 4.69) is 11.0 Å². The summed E-state index contributed by atoms with van der Waals surface area (Å²) >= 11 is 0. The van der Waals surface area contributed by atoms with E-state index in [0.717, 1.165) is 47.1 Å². The van der Waals surface area contributed by atoms with Crippen LogP contribution in [0.4, 0.5) is 5.69 Å². The Kier molecular flexibility index (Phi) is 6.29. The Hall–Kier alpha value is -4.75. The minimum absolute atomic E-state index is 0.124. The van der Waals surface area contributed by atoms with Crippen LogP contribution in [0, 0.1) is 5.92 Å². The molecule has 4 aliphatic rings. The molecule has 3 heterocycles. The van der Waals surface area contributed by atoms with E-state index in [1.807, 2.05) is 41.0 Å². The number of carbonyl (C=O) groups excluding carboxylic acids is 3. The molecule has 1 N–H and O–H groups in total. The number of hydrogen-bond acceptors (Lipinski definition) is 7. The third kappa shape index (κ3) is 4.37. The first kappa shape index (κ1) is 24.0. The molecule has 0 aromatic heterocycles. The molecule has 0 spiro atoms. The molecule has 2 saturated heterocycles. The van der Waals surface area contributed by atoms with Crippen LogP contribution >= 0.6 is 0 Å². The van der Waals surface area contributed by atoms with Crippen molar-refractivity contribution in [2.45, 2.75) is 6.42 Å². The van der Waals surface area contributed by atoms with Crippen LogP contribution in [0.2, 0.25) is 0 Å². The highest BCUT2D eigenvalue weighted by atomic mass is 16.4. The molecule has 3 aliphatic heterocycles. The first-order valence-corrected chi connectivity index (χ1v) is 11.8. The lowest BCUT2D eigenvalue weighted by Crippen LogP contribution is -2.52. The van der Waals surface area contributed by atoms with Gasteiger partial charge in [0.1, 0.15) is 11.3 Å². The summed E-state index contributed by atoms with van der Waals surface area (Å²) in [5.41, 5.74) is 4.02. The lowest BCUT2D eigenvalue weighted by molar-refractivity contribution is -0.255. The van der Waals surface area contributed by atoms with E-state index >= 15 is 0 Å². The van der Waals surface area contributed by atoms with Crippen LogP contribution in [0.25, 0.3) is 33.4 Å². The Balaban J connectivity index is 0.000000892. The smallest absolute Gasteiger partial charge is 0.373 e. The Morgan fingerprint density at radius 2 is 1.73 bits per heavy atom. The van der Waals surface area contributed by atoms with Crippen LogP contribution < -0.4 is 19.9 Å². The highest BCUT2D eigenvalue weighted by molar-refractivity contribution is 6.07. The van der Waals surface area contributed by atoms with Crippen molar-refractivity contribution in [2.75, 3.05) is 31.1 Å². The van der Waals surface area contributed by atoms with Gasteiger partial charge in [-0.3, -0.25) is 4.79 Å². The SMILES string of the molecule is O=C([O-])c1ccccc1-c1c2ccc(=[N+]3CC(C(=O)O)C3)cc-2oc2cc(N3CCC3)ccc12.O=C=O. The number of hydrogen-bond donors (Lipinski definition) is 1.